The van der Waals surface area contributed by atoms with Gasteiger partial charge >= 0.3 is 5.97 Å². The van der Waals surface area contributed by atoms with E-state index in [0.29, 0.717) is 23.4 Å². The summed E-state index contributed by atoms with van der Waals surface area (Å²) in [6, 6.07) is 14.8. The molecule has 0 aliphatic rings. The Kier molecular flexibility index (Phi) is 3.73. The first-order chi connectivity index (χ1) is 11.2. The molecular weight excluding hydrogens is 290 g/mol. The van der Waals surface area contributed by atoms with Crippen molar-refractivity contribution in [1.82, 2.24) is 4.40 Å². The van der Waals surface area contributed by atoms with Gasteiger partial charge in [0.15, 0.2) is 0 Å². The van der Waals surface area contributed by atoms with Gasteiger partial charge in [-0.05, 0) is 31.2 Å². The number of nitrogens with two attached hydrogens (primary N) is 1. The number of benzene rings is 1. The topological polar surface area (TPSA) is 80.5 Å². The standard InChI is InChI=1S/C18H15N3O2/c1-2-23-18(22)13-8-6-12(7-9-13)17-16(20)14(11-19)15-5-3-4-10-21(15)17/h3-10H,2,20H2,1H3. The number of esters is 1. The lowest BCUT2D eigenvalue weighted by Gasteiger charge is -2.06. The van der Waals surface area contributed by atoms with Crippen molar-refractivity contribution in [1.29, 1.82) is 5.26 Å². The van der Waals surface area contributed by atoms with Crippen LogP contribution in [0.5, 0.6) is 0 Å². The van der Waals surface area contributed by atoms with Gasteiger partial charge < -0.3 is 14.9 Å². The quantitative estimate of drug-likeness (QED) is 0.753. The summed E-state index contributed by atoms with van der Waals surface area (Å²) in [4.78, 5) is 11.7. The van der Waals surface area contributed by atoms with Crippen LogP contribution in [0.25, 0.3) is 16.8 Å². The maximum absolute atomic E-state index is 11.7. The minimum atomic E-state index is -0.357. The number of hydrogen-bond donors (Lipinski definition) is 1. The maximum Gasteiger partial charge on any atom is 0.338 e. The zero-order chi connectivity index (χ0) is 16.4. The van der Waals surface area contributed by atoms with Crippen molar-refractivity contribution < 1.29 is 9.53 Å². The smallest absolute Gasteiger partial charge is 0.338 e. The second-order valence-electron chi connectivity index (χ2n) is 5.00. The molecule has 5 nitrogen and oxygen atoms in total. The van der Waals surface area contributed by atoms with Crippen LogP contribution >= 0.6 is 0 Å². The van der Waals surface area contributed by atoms with E-state index >= 15 is 0 Å². The number of fused-ring (bicyclic) bond motifs is 1. The Labute approximate surface area is 133 Å². The molecule has 3 aromatic rings. The van der Waals surface area contributed by atoms with Crippen LogP contribution in [-0.2, 0) is 4.74 Å². The van der Waals surface area contributed by atoms with Gasteiger partial charge in [-0.25, -0.2) is 4.79 Å². The summed E-state index contributed by atoms with van der Waals surface area (Å²) in [5, 5.41) is 9.35. The molecule has 0 spiro atoms. The number of carbonyl (C=O) groups is 1. The summed E-state index contributed by atoms with van der Waals surface area (Å²) in [6.45, 7) is 2.10. The fraction of sp³-hybridized carbons (Fsp3) is 0.111. The zero-order valence-electron chi connectivity index (χ0n) is 12.6. The third-order valence-corrected chi connectivity index (χ3v) is 3.66. The van der Waals surface area contributed by atoms with Crippen LogP contribution in [0.2, 0.25) is 0 Å². The summed E-state index contributed by atoms with van der Waals surface area (Å²) < 4.78 is 6.86. The van der Waals surface area contributed by atoms with Crippen LogP contribution in [0.15, 0.2) is 48.7 Å². The van der Waals surface area contributed by atoms with Crippen molar-refractivity contribution in [3.63, 3.8) is 0 Å². The summed E-state index contributed by atoms with van der Waals surface area (Å²) >= 11 is 0. The molecule has 0 amide bonds. The van der Waals surface area contributed by atoms with Crippen LogP contribution < -0.4 is 5.73 Å². The van der Waals surface area contributed by atoms with E-state index in [0.717, 1.165) is 16.8 Å². The van der Waals surface area contributed by atoms with E-state index in [4.69, 9.17) is 10.5 Å². The summed E-state index contributed by atoms with van der Waals surface area (Å²) in [7, 11) is 0. The second-order valence-corrected chi connectivity index (χ2v) is 5.00. The van der Waals surface area contributed by atoms with Crippen molar-refractivity contribution >= 4 is 17.2 Å². The number of nitriles is 1. The number of hydrogen-bond acceptors (Lipinski definition) is 4. The second kappa shape index (κ2) is 5.85. The highest BCUT2D eigenvalue weighted by atomic mass is 16.5. The van der Waals surface area contributed by atoms with E-state index in [2.05, 4.69) is 6.07 Å². The molecule has 2 aromatic heterocycles. The lowest BCUT2D eigenvalue weighted by Crippen LogP contribution is -2.04. The van der Waals surface area contributed by atoms with Crippen molar-refractivity contribution in [2.75, 3.05) is 12.3 Å². The lowest BCUT2D eigenvalue weighted by atomic mass is 10.1. The number of pyridine rings is 1. The predicted molar refractivity (Wildman–Crippen MR) is 87.9 cm³/mol. The van der Waals surface area contributed by atoms with E-state index in [-0.39, 0.29) is 5.97 Å². The summed E-state index contributed by atoms with van der Waals surface area (Å²) in [6.07, 6.45) is 1.86. The molecule has 5 heteroatoms. The van der Waals surface area contributed by atoms with Gasteiger partial charge in [-0.3, -0.25) is 0 Å². The molecule has 2 N–H and O–H groups in total. The van der Waals surface area contributed by atoms with Crippen LogP contribution in [0.3, 0.4) is 0 Å². The predicted octanol–water partition coefficient (Wildman–Crippen LogP) is 3.24. The highest BCUT2D eigenvalue weighted by Crippen LogP contribution is 2.33. The van der Waals surface area contributed by atoms with Crippen molar-refractivity contribution in [3.8, 4) is 17.3 Å². The number of carbonyl (C=O) groups excluding carboxylic acids is 1. The van der Waals surface area contributed by atoms with Crippen LogP contribution in [-0.4, -0.2) is 17.0 Å². The van der Waals surface area contributed by atoms with Crippen molar-refractivity contribution in [3.05, 3.63) is 59.8 Å². The molecule has 0 unspecified atom stereocenters. The molecule has 23 heavy (non-hydrogen) atoms. The van der Waals surface area contributed by atoms with Gasteiger partial charge in [-0.1, -0.05) is 18.2 Å². The normalized spacial score (nSPS) is 10.4. The van der Waals surface area contributed by atoms with E-state index in [1.807, 2.05) is 28.8 Å². The van der Waals surface area contributed by atoms with Gasteiger partial charge in [0.2, 0.25) is 0 Å². The molecule has 114 valence electrons. The molecule has 0 fully saturated rings. The summed E-state index contributed by atoms with van der Waals surface area (Å²) in [5.74, 6) is -0.357. The van der Waals surface area contributed by atoms with Crippen molar-refractivity contribution in [2.45, 2.75) is 6.92 Å². The van der Waals surface area contributed by atoms with Crippen LogP contribution in [0.1, 0.15) is 22.8 Å². The Morgan fingerprint density at radius 2 is 2.00 bits per heavy atom. The van der Waals surface area contributed by atoms with Crippen molar-refractivity contribution in [2.24, 2.45) is 0 Å². The lowest BCUT2D eigenvalue weighted by molar-refractivity contribution is 0.0526. The zero-order valence-corrected chi connectivity index (χ0v) is 12.6. The SMILES string of the molecule is CCOC(=O)c1ccc(-c2c(N)c(C#N)c3ccccn23)cc1. The maximum atomic E-state index is 11.7. The summed E-state index contributed by atoms with van der Waals surface area (Å²) in [5.41, 5.74) is 9.87. The Balaban J connectivity index is 2.13. The highest BCUT2D eigenvalue weighted by molar-refractivity contribution is 5.92. The van der Waals surface area contributed by atoms with Crippen LogP contribution in [0.4, 0.5) is 5.69 Å². The molecule has 0 saturated carbocycles. The molecule has 0 aliphatic heterocycles. The third-order valence-electron chi connectivity index (χ3n) is 3.66. The van der Waals surface area contributed by atoms with Gasteiger partial charge in [0.05, 0.1) is 29.1 Å². The molecule has 0 saturated heterocycles. The molecule has 0 radical (unpaired) electrons. The molecule has 0 aliphatic carbocycles. The average molecular weight is 305 g/mol. The number of anilines is 1. The monoisotopic (exact) mass is 305 g/mol. The molecule has 1 aromatic carbocycles. The Bertz CT molecular complexity index is 918. The van der Waals surface area contributed by atoms with Crippen LogP contribution in [0, 0.1) is 11.3 Å². The minimum Gasteiger partial charge on any atom is -0.462 e. The van der Waals surface area contributed by atoms with E-state index in [1.54, 1.807) is 31.2 Å². The molecule has 3 rings (SSSR count). The molecule has 2 heterocycles. The van der Waals surface area contributed by atoms with E-state index in [9.17, 15) is 10.1 Å². The van der Waals surface area contributed by atoms with Gasteiger partial charge in [-0.15, -0.1) is 0 Å². The number of ether oxygens (including phenoxy) is 1. The van der Waals surface area contributed by atoms with Gasteiger partial charge in [-0.2, -0.15) is 5.26 Å². The van der Waals surface area contributed by atoms with Gasteiger partial charge in [0.1, 0.15) is 11.6 Å². The van der Waals surface area contributed by atoms with E-state index in [1.165, 1.54) is 0 Å². The number of nitrogen functional groups attached to an aromatic ring is 1. The number of nitrogens with zero attached hydrogens (tertiary/aromatic N) is 2. The number of aromatic nitrogens is 1. The highest BCUT2D eigenvalue weighted by Gasteiger charge is 2.17. The van der Waals surface area contributed by atoms with E-state index < -0.39 is 0 Å². The first-order valence-corrected chi connectivity index (χ1v) is 7.23. The number of rotatable bonds is 3. The average Bonchev–Trinajstić information content (AvgIpc) is 2.86. The fourth-order valence-electron chi connectivity index (χ4n) is 2.62. The first kappa shape index (κ1) is 14.7. The largest absolute Gasteiger partial charge is 0.462 e. The Morgan fingerprint density at radius 3 is 2.65 bits per heavy atom. The van der Waals surface area contributed by atoms with Gasteiger partial charge in [0.25, 0.3) is 0 Å². The minimum absolute atomic E-state index is 0.336. The molecule has 0 atom stereocenters. The third kappa shape index (κ3) is 2.40. The first-order valence-electron chi connectivity index (χ1n) is 7.23. The molecule has 0 bridgehead atoms. The van der Waals surface area contributed by atoms with Gasteiger partial charge in [0, 0.05) is 11.8 Å². The fourth-order valence-corrected chi connectivity index (χ4v) is 2.62. The Hall–Kier alpha value is -3.26. The Morgan fingerprint density at radius 1 is 1.26 bits per heavy atom. The molecular formula is C18H15N3O2.